The summed E-state index contributed by atoms with van der Waals surface area (Å²) in [7, 11) is -3.79. The van der Waals surface area contributed by atoms with Crippen molar-refractivity contribution in [1.82, 2.24) is 9.62 Å². The van der Waals surface area contributed by atoms with Crippen LogP contribution in [0.5, 0.6) is 0 Å². The van der Waals surface area contributed by atoms with E-state index in [-0.39, 0.29) is 40.4 Å². The molecule has 0 radical (unpaired) electrons. The Bertz CT molecular complexity index is 1440. The van der Waals surface area contributed by atoms with Gasteiger partial charge in [0.1, 0.15) is 11.6 Å². The highest BCUT2D eigenvalue weighted by atomic mass is 32.2. The Balaban J connectivity index is 1.50. The molecule has 2 heterocycles. The lowest BCUT2D eigenvalue weighted by Gasteiger charge is -2.34. The summed E-state index contributed by atoms with van der Waals surface area (Å²) in [4.78, 5) is 24.5. The number of sulfonamides is 1. The molecule has 0 saturated carbocycles. The Morgan fingerprint density at radius 1 is 1.13 bits per heavy atom. The predicted molar refractivity (Wildman–Crippen MR) is 147 cm³/mol. The normalized spacial score (nSPS) is 18.7. The van der Waals surface area contributed by atoms with Crippen molar-refractivity contribution in [2.45, 2.75) is 50.5 Å². The second-order valence-electron chi connectivity index (χ2n) is 9.40. The number of thioether (sulfide) groups is 1. The summed E-state index contributed by atoms with van der Waals surface area (Å²) in [5, 5.41) is 6.65. The number of piperidine rings is 1. The lowest BCUT2D eigenvalue weighted by atomic mass is 10.0. The van der Waals surface area contributed by atoms with E-state index >= 15 is 0 Å². The van der Waals surface area contributed by atoms with E-state index in [2.05, 4.69) is 10.6 Å². The standard InChI is InChI=1S/C27H30F2N4O4S2/c1-3-17-14-23(30)26(25(35)24-21(28)7-4-8-22(24)29)38-27(17)32-19-6-5-13-33(15-19)39(36,37)20-11-9-18(10-12-20)31-16(2)34/h4,7-12,19,32H,3,5-6,13-15,30H2,1-2H3,(H,31,34). The van der Waals surface area contributed by atoms with Crippen molar-refractivity contribution < 1.29 is 26.8 Å². The van der Waals surface area contributed by atoms with Crippen LogP contribution in [0.4, 0.5) is 14.5 Å². The number of allylic oxidation sites excluding steroid dienone is 2. The van der Waals surface area contributed by atoms with E-state index < -0.39 is 33.0 Å². The Hall–Kier alpha value is -3.22. The molecule has 39 heavy (non-hydrogen) atoms. The fourth-order valence-corrected chi connectivity index (χ4v) is 7.31. The van der Waals surface area contributed by atoms with Crippen molar-refractivity contribution in [2.24, 2.45) is 5.73 Å². The van der Waals surface area contributed by atoms with Crippen molar-refractivity contribution in [3.05, 3.63) is 80.9 Å². The van der Waals surface area contributed by atoms with Crippen LogP contribution in [0, 0.1) is 11.6 Å². The van der Waals surface area contributed by atoms with E-state index in [1.165, 1.54) is 29.4 Å². The fraction of sp³-hybridized carbons (Fsp3) is 0.333. The molecule has 0 aromatic heterocycles. The number of nitrogens with zero attached hydrogens (tertiary/aromatic N) is 1. The number of carbonyl (C=O) groups is 2. The van der Waals surface area contributed by atoms with E-state index in [0.29, 0.717) is 36.5 Å². The van der Waals surface area contributed by atoms with Crippen LogP contribution in [0.2, 0.25) is 0 Å². The van der Waals surface area contributed by atoms with Crippen molar-refractivity contribution in [3.8, 4) is 0 Å². The molecule has 12 heteroatoms. The molecule has 4 N–H and O–H groups in total. The molecule has 1 unspecified atom stereocenters. The SMILES string of the molecule is CCC1=C(NC2CCCN(S(=O)(=O)c3ccc(NC(C)=O)cc3)C2)SC(C(=O)c2c(F)cccc2F)=C(N)C1. The summed E-state index contributed by atoms with van der Waals surface area (Å²) in [6.07, 6.45) is 2.20. The maximum atomic E-state index is 14.3. The van der Waals surface area contributed by atoms with Gasteiger partial charge in [0.05, 0.1) is 20.4 Å². The van der Waals surface area contributed by atoms with Gasteiger partial charge < -0.3 is 16.4 Å². The Labute approximate surface area is 230 Å². The highest BCUT2D eigenvalue weighted by Crippen LogP contribution is 2.39. The molecule has 0 spiro atoms. The number of halogens is 2. The van der Waals surface area contributed by atoms with Crippen LogP contribution in [-0.2, 0) is 14.8 Å². The summed E-state index contributed by atoms with van der Waals surface area (Å²) in [5.41, 5.74) is 7.20. The summed E-state index contributed by atoms with van der Waals surface area (Å²) in [5.74, 6) is -2.99. The minimum atomic E-state index is -3.79. The van der Waals surface area contributed by atoms with Crippen molar-refractivity contribution in [3.63, 3.8) is 0 Å². The molecule has 1 saturated heterocycles. The number of benzene rings is 2. The number of hydrogen-bond donors (Lipinski definition) is 3. The second-order valence-corrected chi connectivity index (χ2v) is 12.4. The molecular weight excluding hydrogens is 546 g/mol. The Morgan fingerprint density at radius 2 is 1.79 bits per heavy atom. The molecule has 1 amide bonds. The molecule has 8 nitrogen and oxygen atoms in total. The zero-order chi connectivity index (χ0) is 28.3. The molecular formula is C27H30F2N4O4S2. The molecule has 2 aliphatic rings. The second kappa shape index (κ2) is 11.9. The Morgan fingerprint density at radius 3 is 2.41 bits per heavy atom. The molecule has 4 rings (SSSR count). The molecule has 2 aromatic carbocycles. The molecule has 0 aliphatic carbocycles. The van der Waals surface area contributed by atoms with Gasteiger partial charge in [-0.2, -0.15) is 4.31 Å². The van der Waals surface area contributed by atoms with Crippen molar-refractivity contribution in [2.75, 3.05) is 18.4 Å². The van der Waals surface area contributed by atoms with E-state index in [4.69, 9.17) is 5.73 Å². The third-order valence-corrected chi connectivity index (χ3v) is 9.72. The molecule has 208 valence electrons. The minimum Gasteiger partial charge on any atom is -0.401 e. The molecule has 2 aromatic rings. The smallest absolute Gasteiger partial charge is 0.243 e. The third-order valence-electron chi connectivity index (χ3n) is 6.58. The molecule has 2 aliphatic heterocycles. The largest absolute Gasteiger partial charge is 0.401 e. The van der Waals surface area contributed by atoms with Gasteiger partial charge in [0, 0.05) is 43.9 Å². The minimum absolute atomic E-state index is 0.0539. The highest BCUT2D eigenvalue weighted by molar-refractivity contribution is 8.07. The predicted octanol–water partition coefficient (Wildman–Crippen LogP) is 4.48. The van der Waals surface area contributed by atoms with Gasteiger partial charge in [-0.25, -0.2) is 17.2 Å². The zero-order valence-electron chi connectivity index (χ0n) is 21.6. The van der Waals surface area contributed by atoms with Crippen LogP contribution in [0.15, 0.2) is 68.6 Å². The van der Waals surface area contributed by atoms with Crippen LogP contribution < -0.4 is 16.4 Å². The van der Waals surface area contributed by atoms with Crippen LogP contribution in [-0.4, -0.2) is 43.5 Å². The van der Waals surface area contributed by atoms with Gasteiger partial charge in [-0.1, -0.05) is 24.8 Å². The number of nitrogens with two attached hydrogens (primary N) is 1. The van der Waals surface area contributed by atoms with Gasteiger partial charge in [0.25, 0.3) is 0 Å². The Kier molecular flexibility index (Phi) is 8.77. The summed E-state index contributed by atoms with van der Waals surface area (Å²) in [6.45, 7) is 3.86. The molecule has 1 fully saturated rings. The van der Waals surface area contributed by atoms with Gasteiger partial charge in [-0.15, -0.1) is 0 Å². The quantitative estimate of drug-likeness (QED) is 0.396. The topological polar surface area (TPSA) is 122 Å². The van der Waals surface area contributed by atoms with Gasteiger partial charge in [0.15, 0.2) is 0 Å². The lowest BCUT2D eigenvalue weighted by molar-refractivity contribution is -0.114. The first-order valence-corrected chi connectivity index (χ1v) is 14.8. The summed E-state index contributed by atoms with van der Waals surface area (Å²) >= 11 is 1.04. The zero-order valence-corrected chi connectivity index (χ0v) is 23.2. The van der Waals surface area contributed by atoms with Crippen LogP contribution in [0.3, 0.4) is 0 Å². The number of nitrogens with one attached hydrogen (secondary N) is 2. The van der Waals surface area contributed by atoms with Gasteiger partial charge in [-0.05, 0) is 61.2 Å². The monoisotopic (exact) mass is 576 g/mol. The first-order chi connectivity index (χ1) is 18.5. The number of Topliss-reactive ketones (excluding diaryl/α,β-unsaturated/α-hetero) is 1. The van der Waals surface area contributed by atoms with E-state index in [9.17, 15) is 26.8 Å². The third kappa shape index (κ3) is 6.34. The number of amides is 1. The van der Waals surface area contributed by atoms with Crippen LogP contribution >= 0.6 is 11.8 Å². The van der Waals surface area contributed by atoms with E-state index in [1.807, 2.05) is 6.92 Å². The molecule has 1 atom stereocenters. The maximum Gasteiger partial charge on any atom is 0.243 e. The van der Waals surface area contributed by atoms with Crippen molar-refractivity contribution >= 4 is 39.2 Å². The average molecular weight is 577 g/mol. The summed E-state index contributed by atoms with van der Waals surface area (Å²) in [6, 6.07) is 8.98. The number of carbonyl (C=O) groups excluding carboxylic acids is 2. The highest BCUT2D eigenvalue weighted by Gasteiger charge is 2.33. The average Bonchev–Trinajstić information content (AvgIpc) is 2.89. The van der Waals surface area contributed by atoms with Gasteiger partial charge in [0.2, 0.25) is 21.7 Å². The van der Waals surface area contributed by atoms with Crippen LogP contribution in [0.1, 0.15) is 49.9 Å². The molecule has 0 bridgehead atoms. The van der Waals surface area contributed by atoms with Crippen molar-refractivity contribution in [1.29, 1.82) is 0 Å². The number of anilines is 1. The van der Waals surface area contributed by atoms with E-state index in [0.717, 1.165) is 29.5 Å². The first-order valence-electron chi connectivity index (χ1n) is 12.5. The van der Waals surface area contributed by atoms with Crippen LogP contribution in [0.25, 0.3) is 0 Å². The first kappa shape index (κ1) is 28.8. The number of hydrogen-bond acceptors (Lipinski definition) is 7. The van der Waals surface area contributed by atoms with E-state index in [1.54, 1.807) is 12.1 Å². The fourth-order valence-electron chi connectivity index (χ4n) is 4.59. The number of rotatable bonds is 8. The van der Waals surface area contributed by atoms with Gasteiger partial charge in [-0.3, -0.25) is 9.59 Å². The number of ketones is 1. The summed E-state index contributed by atoms with van der Waals surface area (Å²) < 4.78 is 56.7. The lowest BCUT2D eigenvalue weighted by Crippen LogP contribution is -2.47. The maximum absolute atomic E-state index is 14.3. The van der Waals surface area contributed by atoms with Gasteiger partial charge >= 0.3 is 0 Å².